The van der Waals surface area contributed by atoms with Gasteiger partial charge in [0.1, 0.15) is 0 Å². The molecule has 0 aromatic heterocycles. The molecule has 0 aliphatic rings. The maximum atomic E-state index is 11.8. The number of carbonyl (C=O) groups is 1. The third kappa shape index (κ3) is 4.07. The maximum Gasteiger partial charge on any atom is 0.317 e. The first-order chi connectivity index (χ1) is 5.61. The van der Waals surface area contributed by atoms with Gasteiger partial charge in [0.2, 0.25) is 0 Å². The van der Waals surface area contributed by atoms with Gasteiger partial charge in [0, 0.05) is 13.6 Å². The molecule has 2 amide bonds. The van der Waals surface area contributed by atoms with E-state index in [1.165, 1.54) is 7.05 Å². The molecule has 0 fully saturated rings. The summed E-state index contributed by atoms with van der Waals surface area (Å²) in [6, 6.07) is -0.607. The normalized spacial score (nSPS) is 10.1. The smallest absolute Gasteiger partial charge is 0.317 e. The first-order valence-electron chi connectivity index (χ1n) is 3.47. The molecule has 12 heavy (non-hydrogen) atoms. The first-order valence-corrected chi connectivity index (χ1v) is 3.47. The fraction of sp³-hybridized carbons (Fsp3) is 0.833. The van der Waals surface area contributed by atoms with E-state index in [1.807, 2.05) is 0 Å². The summed E-state index contributed by atoms with van der Waals surface area (Å²) in [4.78, 5) is 11.7. The van der Waals surface area contributed by atoms with Gasteiger partial charge in [0.05, 0.1) is 13.2 Å². The van der Waals surface area contributed by atoms with Gasteiger partial charge in [-0.05, 0) is 0 Å². The Morgan fingerprint density at radius 1 is 1.67 bits per heavy atom. The van der Waals surface area contributed by atoms with Crippen LogP contribution in [0.25, 0.3) is 0 Å². The van der Waals surface area contributed by atoms with Crippen molar-refractivity contribution in [2.24, 2.45) is 0 Å². The van der Waals surface area contributed by atoms with Crippen molar-refractivity contribution in [2.75, 3.05) is 26.7 Å². The third-order valence-corrected chi connectivity index (χ3v) is 1.23. The van der Waals surface area contributed by atoms with Gasteiger partial charge in [-0.25, -0.2) is 13.6 Å². The zero-order chi connectivity index (χ0) is 9.56. The number of urea groups is 1. The average molecular weight is 182 g/mol. The number of hydrogen-bond donors (Lipinski definition) is 2. The Bertz CT molecular complexity index is 144. The minimum absolute atomic E-state index is 0.0794. The summed E-state index contributed by atoms with van der Waals surface area (Å²) in [7, 11) is 1.35. The zero-order valence-corrected chi connectivity index (χ0v) is 6.76. The molecular weight excluding hydrogens is 170 g/mol. The lowest BCUT2D eigenvalue weighted by molar-refractivity contribution is 0.0909. The van der Waals surface area contributed by atoms with Crippen molar-refractivity contribution in [1.29, 1.82) is 0 Å². The van der Waals surface area contributed by atoms with E-state index >= 15 is 0 Å². The van der Waals surface area contributed by atoms with Crippen molar-refractivity contribution in [3.05, 3.63) is 0 Å². The highest BCUT2D eigenvalue weighted by molar-refractivity contribution is 5.73. The van der Waals surface area contributed by atoms with Crippen LogP contribution in [0.15, 0.2) is 0 Å². The lowest BCUT2D eigenvalue weighted by Crippen LogP contribution is -2.42. The van der Waals surface area contributed by atoms with Crippen LogP contribution in [0.4, 0.5) is 13.6 Å². The van der Waals surface area contributed by atoms with Gasteiger partial charge in [-0.2, -0.15) is 0 Å². The fourth-order valence-electron chi connectivity index (χ4n) is 0.721. The molecular formula is C6H12F2N2O2. The average Bonchev–Trinajstić information content (AvgIpc) is 2.01. The lowest BCUT2D eigenvalue weighted by atomic mass is 10.5. The van der Waals surface area contributed by atoms with E-state index in [4.69, 9.17) is 5.11 Å². The highest BCUT2D eigenvalue weighted by Gasteiger charge is 2.15. The van der Waals surface area contributed by atoms with Gasteiger partial charge in [-0.1, -0.05) is 0 Å². The van der Waals surface area contributed by atoms with E-state index in [1.54, 1.807) is 0 Å². The number of nitrogens with one attached hydrogen (secondary N) is 1. The molecule has 0 spiro atoms. The number of aliphatic hydroxyl groups is 1. The molecule has 0 aromatic rings. The molecule has 2 N–H and O–H groups in total. The van der Waals surface area contributed by atoms with Gasteiger partial charge in [0.25, 0.3) is 6.43 Å². The topological polar surface area (TPSA) is 52.6 Å². The standard InChI is InChI=1S/C6H12F2N2O2/c1-9-6(12)10(2-3-11)4-5(7)8/h5,11H,2-4H2,1H3,(H,9,12). The van der Waals surface area contributed by atoms with Crippen LogP contribution < -0.4 is 5.32 Å². The minimum Gasteiger partial charge on any atom is -0.395 e. The Morgan fingerprint density at radius 3 is 2.58 bits per heavy atom. The number of amides is 2. The predicted molar refractivity (Wildman–Crippen MR) is 39.1 cm³/mol. The molecule has 0 rings (SSSR count). The van der Waals surface area contributed by atoms with E-state index in [-0.39, 0.29) is 13.2 Å². The number of halogens is 2. The van der Waals surface area contributed by atoms with E-state index in [2.05, 4.69) is 5.32 Å². The summed E-state index contributed by atoms with van der Waals surface area (Å²) in [5.41, 5.74) is 0. The third-order valence-electron chi connectivity index (χ3n) is 1.23. The second-order valence-electron chi connectivity index (χ2n) is 2.12. The second-order valence-corrected chi connectivity index (χ2v) is 2.12. The van der Waals surface area contributed by atoms with Crippen LogP contribution in [0.3, 0.4) is 0 Å². The van der Waals surface area contributed by atoms with Crippen molar-refractivity contribution in [2.45, 2.75) is 6.43 Å². The summed E-state index contributed by atoms with van der Waals surface area (Å²) in [6.07, 6.45) is -2.58. The number of nitrogens with zero attached hydrogens (tertiary/aromatic N) is 1. The van der Waals surface area contributed by atoms with Gasteiger partial charge >= 0.3 is 6.03 Å². The molecule has 0 atom stereocenters. The Kier molecular flexibility index (Phi) is 5.27. The van der Waals surface area contributed by atoms with Crippen LogP contribution in [0, 0.1) is 0 Å². The van der Waals surface area contributed by atoms with Crippen LogP contribution >= 0.6 is 0 Å². The molecule has 0 aromatic carbocycles. The molecule has 0 unspecified atom stereocenters. The molecule has 0 aliphatic heterocycles. The van der Waals surface area contributed by atoms with E-state index < -0.39 is 19.0 Å². The summed E-state index contributed by atoms with van der Waals surface area (Å²) < 4.78 is 23.6. The summed E-state index contributed by atoms with van der Waals surface area (Å²) >= 11 is 0. The SMILES string of the molecule is CNC(=O)N(CCO)CC(F)F. The van der Waals surface area contributed by atoms with Crippen LogP contribution in [0.2, 0.25) is 0 Å². The maximum absolute atomic E-state index is 11.8. The van der Waals surface area contributed by atoms with Crippen LogP contribution in [-0.2, 0) is 0 Å². The Morgan fingerprint density at radius 2 is 2.25 bits per heavy atom. The number of rotatable bonds is 4. The zero-order valence-electron chi connectivity index (χ0n) is 6.76. The van der Waals surface area contributed by atoms with Gasteiger partial charge in [-0.3, -0.25) is 0 Å². The van der Waals surface area contributed by atoms with E-state index in [0.29, 0.717) is 0 Å². The first kappa shape index (κ1) is 11.1. The second kappa shape index (κ2) is 5.70. The molecule has 0 radical (unpaired) electrons. The van der Waals surface area contributed by atoms with Gasteiger partial charge < -0.3 is 15.3 Å². The summed E-state index contributed by atoms with van der Waals surface area (Å²) in [5.74, 6) is 0. The molecule has 4 nitrogen and oxygen atoms in total. The Balaban J connectivity index is 3.94. The number of carbonyl (C=O) groups excluding carboxylic acids is 1. The lowest BCUT2D eigenvalue weighted by Gasteiger charge is -2.20. The highest BCUT2D eigenvalue weighted by Crippen LogP contribution is 1.97. The Labute approximate surface area is 69.2 Å². The quantitative estimate of drug-likeness (QED) is 0.637. The minimum atomic E-state index is -2.58. The van der Waals surface area contributed by atoms with Gasteiger partial charge in [-0.15, -0.1) is 0 Å². The summed E-state index contributed by atoms with van der Waals surface area (Å²) in [6.45, 7) is -1.05. The van der Waals surface area contributed by atoms with Gasteiger partial charge in [0.15, 0.2) is 0 Å². The molecule has 0 heterocycles. The Hall–Kier alpha value is -0.910. The molecule has 6 heteroatoms. The monoisotopic (exact) mass is 182 g/mol. The van der Waals surface area contributed by atoms with Crippen molar-refractivity contribution < 1.29 is 18.7 Å². The molecule has 0 aliphatic carbocycles. The number of alkyl halides is 2. The number of hydrogen-bond acceptors (Lipinski definition) is 2. The van der Waals surface area contributed by atoms with Crippen LogP contribution in [0.5, 0.6) is 0 Å². The molecule has 0 bridgehead atoms. The van der Waals surface area contributed by atoms with Crippen LogP contribution in [-0.4, -0.2) is 49.2 Å². The van der Waals surface area contributed by atoms with Crippen molar-refractivity contribution >= 4 is 6.03 Å². The molecule has 0 saturated carbocycles. The van der Waals surface area contributed by atoms with E-state index in [9.17, 15) is 13.6 Å². The largest absolute Gasteiger partial charge is 0.395 e. The highest BCUT2D eigenvalue weighted by atomic mass is 19.3. The molecule has 0 saturated heterocycles. The number of aliphatic hydroxyl groups excluding tert-OH is 1. The summed E-state index contributed by atoms with van der Waals surface area (Å²) in [5, 5.41) is 10.6. The molecule has 72 valence electrons. The van der Waals surface area contributed by atoms with Crippen molar-refractivity contribution in [3.63, 3.8) is 0 Å². The van der Waals surface area contributed by atoms with Crippen molar-refractivity contribution in [3.8, 4) is 0 Å². The fourth-order valence-corrected chi connectivity index (χ4v) is 0.721. The predicted octanol–water partition coefficient (Wildman–Crippen LogP) is -0.115. The van der Waals surface area contributed by atoms with Crippen molar-refractivity contribution in [1.82, 2.24) is 10.2 Å². The van der Waals surface area contributed by atoms with Crippen LogP contribution in [0.1, 0.15) is 0 Å². The van der Waals surface area contributed by atoms with E-state index in [0.717, 1.165) is 4.90 Å².